The van der Waals surface area contributed by atoms with Crippen molar-refractivity contribution in [1.29, 1.82) is 0 Å². The lowest BCUT2D eigenvalue weighted by Gasteiger charge is -2.38. The molecule has 3 aliphatic rings. The Kier molecular flexibility index (Phi) is 1.37. The molecule has 68 valence electrons. The zero-order chi connectivity index (χ0) is 8.18. The monoisotopic (exact) mass is 168 g/mol. The van der Waals surface area contributed by atoms with Gasteiger partial charge in [0.2, 0.25) is 0 Å². The Morgan fingerprint density at radius 2 is 2.08 bits per heavy atom. The average molecular weight is 168 g/mol. The van der Waals surface area contributed by atoms with E-state index in [1.54, 1.807) is 0 Å². The molecule has 0 amide bonds. The highest BCUT2D eigenvalue weighted by Crippen LogP contribution is 2.57. The maximum atomic E-state index is 9.57. The lowest BCUT2D eigenvalue weighted by atomic mass is 9.68. The van der Waals surface area contributed by atoms with Crippen LogP contribution in [0.25, 0.3) is 0 Å². The zero-order valence-electron chi connectivity index (χ0n) is 7.33. The Morgan fingerprint density at radius 1 is 1.17 bits per heavy atom. The van der Waals surface area contributed by atoms with Crippen LogP contribution in [0.4, 0.5) is 0 Å². The fourth-order valence-corrected chi connectivity index (χ4v) is 3.05. The van der Waals surface area contributed by atoms with Gasteiger partial charge in [0.15, 0.2) is 0 Å². The van der Waals surface area contributed by atoms with Gasteiger partial charge in [-0.2, -0.15) is 0 Å². The Hall–Kier alpha value is -0.0800. The van der Waals surface area contributed by atoms with Crippen LogP contribution in [0.5, 0.6) is 0 Å². The van der Waals surface area contributed by atoms with E-state index in [-0.39, 0.29) is 11.7 Å². The summed E-state index contributed by atoms with van der Waals surface area (Å²) in [5, 5.41) is 9.57. The molecule has 2 heteroatoms. The second-order valence-corrected chi connectivity index (χ2v) is 4.56. The summed E-state index contributed by atoms with van der Waals surface area (Å²) in [7, 11) is 0. The molecule has 1 aliphatic heterocycles. The van der Waals surface area contributed by atoms with Gasteiger partial charge in [-0.15, -0.1) is 0 Å². The number of aliphatic hydroxyl groups is 1. The minimum absolute atomic E-state index is 0.0481. The van der Waals surface area contributed by atoms with Crippen molar-refractivity contribution in [1.82, 2.24) is 0 Å². The largest absolute Gasteiger partial charge is 0.393 e. The highest BCUT2D eigenvalue weighted by Gasteiger charge is 2.64. The lowest BCUT2D eigenvalue weighted by molar-refractivity contribution is -0.0269. The number of hydrogen-bond donors (Lipinski definition) is 1. The molecular formula is C10H16O2. The molecule has 0 radical (unpaired) electrons. The Bertz CT molecular complexity index is 204. The first-order chi connectivity index (χ1) is 5.83. The van der Waals surface area contributed by atoms with Crippen LogP contribution in [0.2, 0.25) is 0 Å². The van der Waals surface area contributed by atoms with E-state index in [0.717, 1.165) is 6.42 Å². The fourth-order valence-electron chi connectivity index (χ4n) is 3.05. The van der Waals surface area contributed by atoms with Crippen molar-refractivity contribution in [3.63, 3.8) is 0 Å². The number of ether oxygens (including phenoxy) is 1. The molecule has 1 saturated heterocycles. The first-order valence-corrected chi connectivity index (χ1v) is 5.19. The number of hydrogen-bond acceptors (Lipinski definition) is 2. The van der Waals surface area contributed by atoms with Gasteiger partial charge in [-0.3, -0.25) is 0 Å². The zero-order valence-corrected chi connectivity index (χ0v) is 7.33. The standard InChI is InChI=1S/C10H16O2/c11-8-5-4-7(8)10-6-2-1-3-9(10)12-10/h7-9,11H,1-6H2/t7-,8-,9?,10?/m1/s1. The molecule has 0 bridgehead atoms. The van der Waals surface area contributed by atoms with Crippen molar-refractivity contribution in [2.24, 2.45) is 5.92 Å². The van der Waals surface area contributed by atoms with Gasteiger partial charge >= 0.3 is 0 Å². The third kappa shape index (κ3) is 0.775. The highest BCUT2D eigenvalue weighted by atomic mass is 16.6. The van der Waals surface area contributed by atoms with Crippen LogP contribution in [-0.4, -0.2) is 22.9 Å². The minimum Gasteiger partial charge on any atom is -0.393 e. The lowest BCUT2D eigenvalue weighted by Crippen LogP contribution is -2.44. The molecule has 12 heavy (non-hydrogen) atoms. The predicted molar refractivity (Wildman–Crippen MR) is 44.8 cm³/mol. The summed E-state index contributed by atoms with van der Waals surface area (Å²) in [5.74, 6) is 0.489. The topological polar surface area (TPSA) is 32.8 Å². The van der Waals surface area contributed by atoms with Crippen molar-refractivity contribution < 1.29 is 9.84 Å². The average Bonchev–Trinajstić information content (AvgIpc) is 2.76. The second kappa shape index (κ2) is 2.24. The van der Waals surface area contributed by atoms with E-state index in [1.165, 1.54) is 32.1 Å². The summed E-state index contributed by atoms with van der Waals surface area (Å²) in [4.78, 5) is 0. The molecule has 2 saturated carbocycles. The van der Waals surface area contributed by atoms with Gasteiger partial charge in [0, 0.05) is 5.92 Å². The van der Waals surface area contributed by atoms with Gasteiger partial charge in [-0.1, -0.05) is 12.8 Å². The van der Waals surface area contributed by atoms with E-state index in [9.17, 15) is 5.11 Å². The quantitative estimate of drug-likeness (QED) is 0.601. The summed E-state index contributed by atoms with van der Waals surface area (Å²) < 4.78 is 5.78. The van der Waals surface area contributed by atoms with Crippen LogP contribution in [0.1, 0.15) is 38.5 Å². The third-order valence-electron chi connectivity index (χ3n) is 4.00. The summed E-state index contributed by atoms with van der Waals surface area (Å²) in [6.45, 7) is 0. The maximum Gasteiger partial charge on any atom is 0.100 e. The van der Waals surface area contributed by atoms with E-state index in [2.05, 4.69) is 0 Å². The third-order valence-corrected chi connectivity index (χ3v) is 4.00. The van der Waals surface area contributed by atoms with Gasteiger partial charge in [-0.05, 0) is 25.7 Å². The second-order valence-electron chi connectivity index (χ2n) is 4.56. The molecule has 2 aliphatic carbocycles. The van der Waals surface area contributed by atoms with E-state index in [4.69, 9.17) is 4.74 Å². The molecule has 1 N–H and O–H groups in total. The van der Waals surface area contributed by atoms with Gasteiger partial charge < -0.3 is 9.84 Å². The molecule has 0 spiro atoms. The smallest absolute Gasteiger partial charge is 0.100 e. The van der Waals surface area contributed by atoms with Crippen molar-refractivity contribution in [2.45, 2.75) is 56.3 Å². The molecule has 2 nitrogen and oxygen atoms in total. The number of rotatable bonds is 1. The number of epoxide rings is 1. The molecule has 4 atom stereocenters. The van der Waals surface area contributed by atoms with Crippen molar-refractivity contribution in [2.75, 3.05) is 0 Å². The SMILES string of the molecule is O[C@@H]1CC[C@H]1C12CCCCC1O2. The van der Waals surface area contributed by atoms with Crippen LogP contribution in [0, 0.1) is 5.92 Å². The van der Waals surface area contributed by atoms with E-state index in [1.807, 2.05) is 0 Å². The predicted octanol–water partition coefficient (Wildman–Crippen LogP) is 1.47. The Morgan fingerprint density at radius 3 is 2.67 bits per heavy atom. The highest BCUT2D eigenvalue weighted by molar-refractivity contribution is 5.13. The van der Waals surface area contributed by atoms with Crippen molar-refractivity contribution in [3.8, 4) is 0 Å². The van der Waals surface area contributed by atoms with E-state index >= 15 is 0 Å². The van der Waals surface area contributed by atoms with E-state index in [0.29, 0.717) is 12.0 Å². The van der Waals surface area contributed by atoms with Crippen LogP contribution in [0.15, 0.2) is 0 Å². The molecule has 2 unspecified atom stereocenters. The van der Waals surface area contributed by atoms with Gasteiger partial charge in [-0.25, -0.2) is 0 Å². The molecule has 3 rings (SSSR count). The first-order valence-electron chi connectivity index (χ1n) is 5.19. The Balaban J connectivity index is 1.75. The number of fused-ring (bicyclic) bond motifs is 1. The summed E-state index contributed by atoms with van der Waals surface area (Å²) in [5.41, 5.74) is 0.163. The summed E-state index contributed by atoms with van der Waals surface area (Å²) in [6.07, 6.45) is 7.75. The minimum atomic E-state index is -0.0481. The Labute approximate surface area is 72.9 Å². The van der Waals surface area contributed by atoms with Crippen LogP contribution < -0.4 is 0 Å². The van der Waals surface area contributed by atoms with Crippen LogP contribution in [0.3, 0.4) is 0 Å². The first kappa shape index (κ1) is 7.34. The summed E-state index contributed by atoms with van der Waals surface area (Å²) in [6, 6.07) is 0. The molecule has 0 aromatic carbocycles. The molecule has 0 aromatic rings. The van der Waals surface area contributed by atoms with Gasteiger partial charge in [0.25, 0.3) is 0 Å². The van der Waals surface area contributed by atoms with Gasteiger partial charge in [0.05, 0.1) is 12.2 Å². The van der Waals surface area contributed by atoms with E-state index < -0.39 is 0 Å². The molecule has 0 aromatic heterocycles. The molecular weight excluding hydrogens is 152 g/mol. The summed E-state index contributed by atoms with van der Waals surface area (Å²) >= 11 is 0. The molecule has 3 fully saturated rings. The fraction of sp³-hybridized carbons (Fsp3) is 1.00. The van der Waals surface area contributed by atoms with Crippen LogP contribution in [-0.2, 0) is 4.74 Å². The number of aliphatic hydroxyl groups excluding tert-OH is 1. The van der Waals surface area contributed by atoms with Crippen LogP contribution >= 0.6 is 0 Å². The van der Waals surface area contributed by atoms with Crippen molar-refractivity contribution in [3.05, 3.63) is 0 Å². The molecule has 1 heterocycles. The normalized spacial score (nSPS) is 57.2. The van der Waals surface area contributed by atoms with Gasteiger partial charge in [0.1, 0.15) is 5.60 Å². The van der Waals surface area contributed by atoms with Crippen molar-refractivity contribution >= 4 is 0 Å². The maximum absolute atomic E-state index is 9.57.